The summed E-state index contributed by atoms with van der Waals surface area (Å²) in [4.78, 5) is 15.7. The molecule has 0 saturated heterocycles. The van der Waals surface area contributed by atoms with Crippen LogP contribution in [-0.4, -0.2) is 36.7 Å². The molecule has 1 aliphatic rings. The van der Waals surface area contributed by atoms with Crippen LogP contribution in [0.5, 0.6) is 11.5 Å². The van der Waals surface area contributed by atoms with E-state index in [1.54, 1.807) is 21.1 Å². The maximum Gasteiger partial charge on any atom is 0.254 e. The molecule has 0 aliphatic carbocycles. The van der Waals surface area contributed by atoms with Crippen LogP contribution >= 0.6 is 0 Å². The first-order valence-electron chi connectivity index (χ1n) is 11.1. The Morgan fingerprint density at radius 2 is 1.39 bits per heavy atom. The third-order valence-corrected chi connectivity index (χ3v) is 6.18. The van der Waals surface area contributed by atoms with E-state index in [1.165, 1.54) is 0 Å². The number of nitrogens with zero attached hydrogens (tertiary/aromatic N) is 1. The van der Waals surface area contributed by atoms with Crippen LogP contribution in [0.1, 0.15) is 35.1 Å². The van der Waals surface area contributed by atoms with Crippen LogP contribution in [0.25, 0.3) is 0 Å². The third kappa shape index (κ3) is 4.58. The van der Waals surface area contributed by atoms with E-state index in [9.17, 15) is 9.90 Å². The first-order chi connectivity index (χ1) is 16.0. The summed E-state index contributed by atoms with van der Waals surface area (Å²) in [5.74, 6) is 0.850. The van der Waals surface area contributed by atoms with E-state index in [0.717, 1.165) is 22.3 Å². The molecule has 1 amide bonds. The molecule has 3 aromatic rings. The fourth-order valence-electron chi connectivity index (χ4n) is 4.53. The largest absolute Gasteiger partial charge is 0.512 e. The van der Waals surface area contributed by atoms with E-state index >= 15 is 0 Å². The van der Waals surface area contributed by atoms with E-state index in [-0.39, 0.29) is 17.6 Å². The van der Waals surface area contributed by atoms with Gasteiger partial charge in [-0.2, -0.15) is 0 Å². The summed E-state index contributed by atoms with van der Waals surface area (Å²) in [6.07, 6.45) is 0.709. The van der Waals surface area contributed by atoms with Crippen LogP contribution in [0.3, 0.4) is 0 Å². The van der Waals surface area contributed by atoms with Gasteiger partial charge >= 0.3 is 0 Å². The summed E-state index contributed by atoms with van der Waals surface area (Å²) in [5.41, 5.74) is 4.49. The SMILES string of the molecule is COc1cc2c(cc1OC)CN(C(=O)/C(=C(\C)O)C(c1ccccc1)c1ccccc1)CC2. The topological polar surface area (TPSA) is 59.0 Å². The second-order valence-electron chi connectivity index (χ2n) is 8.21. The summed E-state index contributed by atoms with van der Waals surface area (Å²) < 4.78 is 10.9. The normalized spacial score (nSPS) is 13.9. The van der Waals surface area contributed by atoms with Crippen molar-refractivity contribution in [3.63, 3.8) is 0 Å². The number of hydrogen-bond donors (Lipinski definition) is 1. The highest BCUT2D eigenvalue weighted by Crippen LogP contribution is 2.37. The number of aliphatic hydroxyl groups excluding tert-OH is 1. The Bertz CT molecular complexity index is 1110. The lowest BCUT2D eigenvalue weighted by Crippen LogP contribution is -2.38. The van der Waals surface area contributed by atoms with Crippen molar-refractivity contribution in [3.8, 4) is 11.5 Å². The van der Waals surface area contributed by atoms with Crippen molar-refractivity contribution in [2.24, 2.45) is 0 Å². The quantitative estimate of drug-likeness (QED) is 0.417. The predicted octanol–water partition coefficient (Wildman–Crippen LogP) is 5.25. The van der Waals surface area contributed by atoms with Crippen molar-refractivity contribution >= 4 is 5.91 Å². The van der Waals surface area contributed by atoms with Crippen LogP contribution in [-0.2, 0) is 17.8 Å². The molecule has 1 N–H and O–H groups in total. The molecular weight excluding hydrogens is 414 g/mol. The lowest BCUT2D eigenvalue weighted by atomic mass is 9.83. The van der Waals surface area contributed by atoms with Gasteiger partial charge in [0.2, 0.25) is 0 Å². The molecule has 3 aromatic carbocycles. The fraction of sp³-hybridized carbons (Fsp3) is 0.250. The average molecular weight is 444 g/mol. The Kier molecular flexibility index (Phi) is 6.68. The van der Waals surface area contributed by atoms with Crippen molar-refractivity contribution in [1.29, 1.82) is 0 Å². The Labute approximate surface area is 194 Å². The highest BCUT2D eigenvalue weighted by atomic mass is 16.5. The fourth-order valence-corrected chi connectivity index (χ4v) is 4.53. The van der Waals surface area contributed by atoms with Gasteiger partial charge in [-0.05, 0) is 47.7 Å². The zero-order chi connectivity index (χ0) is 23.4. The number of benzene rings is 3. The highest BCUT2D eigenvalue weighted by molar-refractivity contribution is 5.96. The van der Waals surface area contributed by atoms with Crippen LogP contribution in [0.4, 0.5) is 0 Å². The molecule has 0 saturated carbocycles. The van der Waals surface area contributed by atoms with Gasteiger partial charge in [-0.1, -0.05) is 60.7 Å². The van der Waals surface area contributed by atoms with E-state index in [1.807, 2.05) is 77.7 Å². The number of aliphatic hydroxyl groups is 1. The molecule has 0 fully saturated rings. The standard InChI is InChI=1S/C28H29NO4/c1-19(30)26(27(20-10-6-4-7-11-20)21-12-8-5-9-13-21)28(31)29-15-14-22-16-24(32-2)25(33-3)17-23(22)18-29/h4-13,16-17,27,30H,14-15,18H2,1-3H3/b26-19+. The van der Waals surface area contributed by atoms with Crippen molar-refractivity contribution in [3.05, 3.63) is 106 Å². The molecule has 1 aliphatic heterocycles. The van der Waals surface area contributed by atoms with E-state index < -0.39 is 0 Å². The number of methoxy groups -OCH3 is 2. The molecule has 4 rings (SSSR count). The van der Waals surface area contributed by atoms with Gasteiger partial charge in [0.15, 0.2) is 11.5 Å². The van der Waals surface area contributed by atoms with Gasteiger partial charge in [0.1, 0.15) is 0 Å². The van der Waals surface area contributed by atoms with Gasteiger partial charge in [0.25, 0.3) is 5.91 Å². The lowest BCUT2D eigenvalue weighted by molar-refractivity contribution is -0.128. The van der Waals surface area contributed by atoms with Gasteiger partial charge < -0.3 is 19.5 Å². The number of rotatable bonds is 6. The summed E-state index contributed by atoms with van der Waals surface area (Å²) in [6, 6.07) is 23.6. The van der Waals surface area contributed by atoms with Gasteiger partial charge in [0.05, 0.1) is 25.6 Å². The number of hydrogen-bond acceptors (Lipinski definition) is 4. The summed E-state index contributed by atoms with van der Waals surface area (Å²) >= 11 is 0. The lowest BCUT2D eigenvalue weighted by Gasteiger charge is -2.32. The summed E-state index contributed by atoms with van der Waals surface area (Å²) in [7, 11) is 3.23. The Morgan fingerprint density at radius 3 is 1.88 bits per heavy atom. The van der Waals surface area contributed by atoms with Crippen LogP contribution in [0, 0.1) is 0 Å². The summed E-state index contributed by atoms with van der Waals surface area (Å²) in [6.45, 7) is 2.61. The zero-order valence-corrected chi connectivity index (χ0v) is 19.2. The van der Waals surface area contributed by atoms with E-state index in [4.69, 9.17) is 9.47 Å². The minimum absolute atomic E-state index is 0.0378. The number of ether oxygens (including phenoxy) is 2. The van der Waals surface area contributed by atoms with Gasteiger partial charge in [-0.25, -0.2) is 0 Å². The molecular formula is C28H29NO4. The predicted molar refractivity (Wildman–Crippen MR) is 129 cm³/mol. The van der Waals surface area contributed by atoms with Gasteiger partial charge in [0, 0.05) is 19.0 Å². The number of fused-ring (bicyclic) bond motifs is 1. The molecule has 0 bridgehead atoms. The molecule has 0 atom stereocenters. The smallest absolute Gasteiger partial charge is 0.254 e. The minimum Gasteiger partial charge on any atom is -0.512 e. The highest BCUT2D eigenvalue weighted by Gasteiger charge is 2.32. The second kappa shape index (κ2) is 9.82. The Morgan fingerprint density at radius 1 is 0.879 bits per heavy atom. The first kappa shape index (κ1) is 22.5. The maximum absolute atomic E-state index is 13.9. The first-order valence-corrected chi connectivity index (χ1v) is 11.1. The number of allylic oxidation sites excluding steroid dienone is 1. The van der Waals surface area contributed by atoms with Crippen molar-refractivity contribution in [1.82, 2.24) is 4.90 Å². The number of amides is 1. The van der Waals surface area contributed by atoms with E-state index in [0.29, 0.717) is 36.6 Å². The van der Waals surface area contributed by atoms with Crippen LogP contribution in [0.15, 0.2) is 84.1 Å². The van der Waals surface area contributed by atoms with Crippen molar-refractivity contribution < 1.29 is 19.4 Å². The number of carbonyl (C=O) groups is 1. The minimum atomic E-state index is -0.364. The maximum atomic E-state index is 13.9. The Balaban J connectivity index is 1.71. The average Bonchev–Trinajstić information content (AvgIpc) is 2.86. The van der Waals surface area contributed by atoms with Crippen molar-refractivity contribution in [2.45, 2.75) is 25.8 Å². The summed E-state index contributed by atoms with van der Waals surface area (Å²) in [5, 5.41) is 10.7. The Hall–Kier alpha value is -3.73. The number of carbonyl (C=O) groups excluding carboxylic acids is 1. The molecule has 0 radical (unpaired) electrons. The molecule has 1 heterocycles. The molecule has 0 aromatic heterocycles. The molecule has 0 unspecified atom stereocenters. The monoisotopic (exact) mass is 443 g/mol. The van der Waals surface area contributed by atoms with Gasteiger partial charge in [-0.3, -0.25) is 4.79 Å². The molecule has 0 spiro atoms. The third-order valence-electron chi connectivity index (χ3n) is 6.18. The van der Waals surface area contributed by atoms with Crippen LogP contribution < -0.4 is 9.47 Å². The molecule has 33 heavy (non-hydrogen) atoms. The molecule has 5 nitrogen and oxygen atoms in total. The van der Waals surface area contributed by atoms with Crippen molar-refractivity contribution in [2.75, 3.05) is 20.8 Å². The second-order valence-corrected chi connectivity index (χ2v) is 8.21. The molecule has 170 valence electrons. The van der Waals surface area contributed by atoms with E-state index in [2.05, 4.69) is 0 Å². The zero-order valence-electron chi connectivity index (χ0n) is 19.2. The van der Waals surface area contributed by atoms with Crippen LogP contribution in [0.2, 0.25) is 0 Å². The van der Waals surface area contributed by atoms with Gasteiger partial charge in [-0.15, -0.1) is 0 Å². The molecule has 5 heteroatoms.